The topological polar surface area (TPSA) is 63.9 Å². The van der Waals surface area contributed by atoms with Crippen LogP contribution < -0.4 is 10.5 Å². The van der Waals surface area contributed by atoms with Crippen molar-refractivity contribution in [3.63, 3.8) is 0 Å². The fourth-order valence-electron chi connectivity index (χ4n) is 4.28. The molecule has 5 rings (SSSR count). The highest BCUT2D eigenvalue weighted by Crippen LogP contribution is 2.43. The first kappa shape index (κ1) is 15.0. The first-order valence-electron chi connectivity index (χ1n) is 9.47. The summed E-state index contributed by atoms with van der Waals surface area (Å²) in [5.41, 5.74) is 3.44. The van der Waals surface area contributed by atoms with E-state index < -0.39 is 0 Å². The molecule has 3 aliphatic rings. The molecular formula is C19H23N5O. The van der Waals surface area contributed by atoms with E-state index in [1.54, 1.807) is 23.1 Å². The maximum Gasteiger partial charge on any atom is 0.267 e. The summed E-state index contributed by atoms with van der Waals surface area (Å²) in [7, 11) is 0. The SMILES string of the molecule is O=c1cc2c(nn1CC1CCCN1c1nccnc1C1CC1)CCC2. The average molecular weight is 337 g/mol. The van der Waals surface area contributed by atoms with Crippen LogP contribution in [-0.2, 0) is 19.4 Å². The largest absolute Gasteiger partial charge is 0.350 e. The third kappa shape index (κ3) is 2.73. The van der Waals surface area contributed by atoms with E-state index in [9.17, 15) is 4.79 Å². The zero-order valence-electron chi connectivity index (χ0n) is 14.4. The van der Waals surface area contributed by atoms with E-state index in [1.807, 2.05) is 0 Å². The normalized spacial score (nSPS) is 22.4. The minimum atomic E-state index is 0.0362. The summed E-state index contributed by atoms with van der Waals surface area (Å²) in [4.78, 5) is 24.1. The molecule has 2 aliphatic carbocycles. The van der Waals surface area contributed by atoms with Gasteiger partial charge in [-0.1, -0.05) is 0 Å². The molecule has 2 aromatic heterocycles. The number of anilines is 1. The Hall–Kier alpha value is -2.24. The molecule has 6 nitrogen and oxygen atoms in total. The summed E-state index contributed by atoms with van der Waals surface area (Å²) < 4.78 is 1.68. The summed E-state index contributed by atoms with van der Waals surface area (Å²) in [6, 6.07) is 2.07. The Morgan fingerprint density at radius 2 is 1.96 bits per heavy atom. The van der Waals surface area contributed by atoms with Crippen molar-refractivity contribution in [2.45, 2.75) is 63.5 Å². The lowest BCUT2D eigenvalue weighted by molar-refractivity contribution is 0.480. The molecule has 0 bridgehead atoms. The van der Waals surface area contributed by atoms with Gasteiger partial charge in [-0.15, -0.1) is 0 Å². The Balaban J connectivity index is 1.44. The van der Waals surface area contributed by atoms with Crippen molar-refractivity contribution >= 4 is 5.82 Å². The number of hydrogen-bond donors (Lipinski definition) is 0. The van der Waals surface area contributed by atoms with Gasteiger partial charge in [-0.05, 0) is 50.5 Å². The van der Waals surface area contributed by atoms with Gasteiger partial charge in [-0.3, -0.25) is 9.78 Å². The fourth-order valence-corrected chi connectivity index (χ4v) is 4.28. The zero-order chi connectivity index (χ0) is 16.8. The first-order valence-corrected chi connectivity index (χ1v) is 9.47. The molecule has 0 spiro atoms. The molecule has 1 aliphatic heterocycles. The summed E-state index contributed by atoms with van der Waals surface area (Å²) in [6.07, 6.45) is 11.3. The Morgan fingerprint density at radius 3 is 2.84 bits per heavy atom. The number of fused-ring (bicyclic) bond motifs is 1. The van der Waals surface area contributed by atoms with Crippen molar-refractivity contribution in [2.75, 3.05) is 11.4 Å². The fraction of sp³-hybridized carbons (Fsp3) is 0.579. The maximum absolute atomic E-state index is 12.4. The molecule has 0 amide bonds. The van der Waals surface area contributed by atoms with E-state index in [1.165, 1.54) is 12.8 Å². The molecular weight excluding hydrogens is 314 g/mol. The highest BCUT2D eigenvalue weighted by molar-refractivity contribution is 5.48. The number of rotatable bonds is 4. The Kier molecular flexibility index (Phi) is 3.57. The quantitative estimate of drug-likeness (QED) is 0.854. The number of nitrogens with zero attached hydrogens (tertiary/aromatic N) is 5. The molecule has 3 heterocycles. The molecule has 1 saturated carbocycles. The molecule has 2 aromatic rings. The highest BCUT2D eigenvalue weighted by atomic mass is 16.1. The number of aromatic nitrogens is 4. The van der Waals surface area contributed by atoms with Crippen LogP contribution in [0.3, 0.4) is 0 Å². The van der Waals surface area contributed by atoms with Crippen LogP contribution in [0.1, 0.15) is 55.0 Å². The zero-order valence-corrected chi connectivity index (χ0v) is 14.4. The maximum atomic E-state index is 12.4. The molecule has 2 fully saturated rings. The van der Waals surface area contributed by atoms with E-state index in [0.717, 1.165) is 61.4 Å². The Morgan fingerprint density at radius 1 is 1.08 bits per heavy atom. The predicted octanol–water partition coefficient (Wildman–Crippen LogP) is 2.07. The average Bonchev–Trinajstić information content (AvgIpc) is 3.21. The van der Waals surface area contributed by atoms with Crippen molar-refractivity contribution in [3.05, 3.63) is 45.8 Å². The second-order valence-electron chi connectivity index (χ2n) is 7.52. The van der Waals surface area contributed by atoms with Gasteiger partial charge >= 0.3 is 0 Å². The van der Waals surface area contributed by atoms with Gasteiger partial charge in [0.15, 0.2) is 5.82 Å². The standard InChI is InChI=1S/C19H23N5O/c25-17-11-14-3-1-5-16(14)22-24(17)12-15-4-2-10-23(15)19-18(13-6-7-13)20-8-9-21-19/h8-9,11,13,15H,1-7,10,12H2. The van der Waals surface area contributed by atoms with Crippen molar-refractivity contribution < 1.29 is 0 Å². The lowest BCUT2D eigenvalue weighted by Crippen LogP contribution is -2.38. The smallest absolute Gasteiger partial charge is 0.267 e. The molecule has 25 heavy (non-hydrogen) atoms. The van der Waals surface area contributed by atoms with Gasteiger partial charge in [-0.2, -0.15) is 5.10 Å². The van der Waals surface area contributed by atoms with Gasteiger partial charge in [0.25, 0.3) is 5.56 Å². The van der Waals surface area contributed by atoms with E-state index in [-0.39, 0.29) is 11.6 Å². The van der Waals surface area contributed by atoms with Crippen LogP contribution in [0.25, 0.3) is 0 Å². The first-order chi connectivity index (χ1) is 12.3. The van der Waals surface area contributed by atoms with Gasteiger partial charge in [0, 0.05) is 30.9 Å². The molecule has 130 valence electrons. The van der Waals surface area contributed by atoms with Crippen LogP contribution >= 0.6 is 0 Å². The molecule has 0 aromatic carbocycles. The summed E-state index contributed by atoms with van der Waals surface area (Å²) in [5.74, 6) is 1.60. The van der Waals surface area contributed by atoms with Crippen LogP contribution in [0.2, 0.25) is 0 Å². The highest BCUT2D eigenvalue weighted by Gasteiger charge is 2.34. The van der Waals surface area contributed by atoms with Crippen LogP contribution in [0.15, 0.2) is 23.3 Å². The van der Waals surface area contributed by atoms with Crippen LogP contribution in [0.5, 0.6) is 0 Å². The lowest BCUT2D eigenvalue weighted by Gasteiger charge is -2.27. The van der Waals surface area contributed by atoms with Crippen LogP contribution in [0, 0.1) is 0 Å². The van der Waals surface area contributed by atoms with Gasteiger partial charge < -0.3 is 4.90 Å². The van der Waals surface area contributed by atoms with E-state index in [0.29, 0.717) is 12.5 Å². The monoisotopic (exact) mass is 337 g/mol. The van der Waals surface area contributed by atoms with E-state index in [2.05, 4.69) is 20.0 Å². The molecule has 0 N–H and O–H groups in total. The minimum Gasteiger partial charge on any atom is -0.350 e. The van der Waals surface area contributed by atoms with Crippen LogP contribution in [0.4, 0.5) is 5.82 Å². The van der Waals surface area contributed by atoms with E-state index >= 15 is 0 Å². The third-order valence-corrected chi connectivity index (χ3v) is 5.73. The molecule has 1 atom stereocenters. The summed E-state index contributed by atoms with van der Waals surface area (Å²) in [5, 5.41) is 4.66. The molecule has 6 heteroatoms. The van der Waals surface area contributed by atoms with Gasteiger partial charge in [0.1, 0.15) is 0 Å². The van der Waals surface area contributed by atoms with E-state index in [4.69, 9.17) is 0 Å². The second kappa shape index (κ2) is 5.93. The Bertz CT molecular complexity index is 857. The number of aryl methyl sites for hydroxylation is 2. The number of hydrogen-bond acceptors (Lipinski definition) is 5. The summed E-state index contributed by atoms with van der Waals surface area (Å²) in [6.45, 7) is 1.63. The lowest BCUT2D eigenvalue weighted by atomic mass is 10.2. The van der Waals surface area contributed by atoms with Crippen molar-refractivity contribution in [1.82, 2.24) is 19.7 Å². The predicted molar refractivity (Wildman–Crippen MR) is 94.9 cm³/mol. The minimum absolute atomic E-state index is 0.0362. The van der Waals surface area contributed by atoms with Gasteiger partial charge in [0.2, 0.25) is 0 Å². The second-order valence-corrected chi connectivity index (χ2v) is 7.52. The Labute approximate surface area is 146 Å². The van der Waals surface area contributed by atoms with Gasteiger partial charge in [-0.25, -0.2) is 9.67 Å². The van der Waals surface area contributed by atoms with Crippen LogP contribution in [-0.4, -0.2) is 32.3 Å². The van der Waals surface area contributed by atoms with Crippen molar-refractivity contribution in [2.24, 2.45) is 0 Å². The molecule has 0 radical (unpaired) electrons. The molecule has 1 saturated heterocycles. The molecule has 1 unspecified atom stereocenters. The third-order valence-electron chi connectivity index (χ3n) is 5.73. The summed E-state index contributed by atoms with van der Waals surface area (Å²) >= 11 is 0. The van der Waals surface area contributed by atoms with Gasteiger partial charge in [0.05, 0.1) is 24.0 Å². The van der Waals surface area contributed by atoms with Crippen molar-refractivity contribution in [3.8, 4) is 0 Å². The van der Waals surface area contributed by atoms with Crippen molar-refractivity contribution in [1.29, 1.82) is 0 Å².